The van der Waals surface area contributed by atoms with E-state index in [4.69, 9.17) is 4.74 Å². The Labute approximate surface area is 120 Å². The number of aromatic amines is 1. The van der Waals surface area contributed by atoms with Gasteiger partial charge in [0, 0.05) is 31.4 Å². The van der Waals surface area contributed by atoms with Gasteiger partial charge in [0.2, 0.25) is 0 Å². The topological polar surface area (TPSA) is 79.0 Å². The van der Waals surface area contributed by atoms with Crippen molar-refractivity contribution in [3.05, 3.63) is 18.2 Å². The van der Waals surface area contributed by atoms with Crippen LogP contribution in [0.3, 0.4) is 0 Å². The van der Waals surface area contributed by atoms with E-state index in [1.54, 1.807) is 6.20 Å². The fourth-order valence-corrected chi connectivity index (χ4v) is 1.66. The largest absolute Gasteiger partial charge is 0.444 e. The van der Waals surface area contributed by atoms with Crippen LogP contribution in [0.1, 0.15) is 39.9 Å². The monoisotopic (exact) mass is 282 g/mol. The van der Waals surface area contributed by atoms with Crippen LogP contribution in [-0.4, -0.2) is 40.8 Å². The summed E-state index contributed by atoms with van der Waals surface area (Å²) in [4.78, 5) is 18.7. The van der Waals surface area contributed by atoms with Crippen LogP contribution < -0.4 is 10.6 Å². The van der Waals surface area contributed by atoms with Crippen molar-refractivity contribution in [3.8, 4) is 0 Å². The molecule has 0 saturated heterocycles. The first-order chi connectivity index (χ1) is 9.37. The molecule has 6 nitrogen and oxygen atoms in total. The van der Waals surface area contributed by atoms with Crippen molar-refractivity contribution in [2.75, 3.05) is 13.1 Å². The molecule has 0 fully saturated rings. The molecule has 114 valence electrons. The molecule has 3 N–H and O–H groups in total. The van der Waals surface area contributed by atoms with Gasteiger partial charge in [0.1, 0.15) is 11.4 Å². The number of H-pyrrole nitrogens is 1. The molecule has 0 aromatic carbocycles. The van der Waals surface area contributed by atoms with Crippen molar-refractivity contribution in [3.63, 3.8) is 0 Å². The third kappa shape index (κ3) is 7.78. The van der Waals surface area contributed by atoms with Gasteiger partial charge in [0.25, 0.3) is 0 Å². The van der Waals surface area contributed by atoms with Gasteiger partial charge in [-0.15, -0.1) is 0 Å². The summed E-state index contributed by atoms with van der Waals surface area (Å²) in [5.41, 5.74) is -0.455. The van der Waals surface area contributed by atoms with E-state index >= 15 is 0 Å². The molecule has 0 saturated carbocycles. The van der Waals surface area contributed by atoms with E-state index in [0.29, 0.717) is 6.54 Å². The predicted molar refractivity (Wildman–Crippen MR) is 78.6 cm³/mol. The highest BCUT2D eigenvalue weighted by Crippen LogP contribution is 2.06. The Morgan fingerprint density at radius 3 is 2.85 bits per heavy atom. The van der Waals surface area contributed by atoms with Gasteiger partial charge in [0.05, 0.1) is 0 Å². The minimum absolute atomic E-state index is 0.208. The van der Waals surface area contributed by atoms with E-state index in [-0.39, 0.29) is 12.1 Å². The fraction of sp³-hybridized carbons (Fsp3) is 0.714. The van der Waals surface area contributed by atoms with Crippen LogP contribution in [0.5, 0.6) is 0 Å². The second kappa shape index (κ2) is 7.89. The minimum atomic E-state index is -0.455. The maximum atomic E-state index is 11.5. The average molecular weight is 282 g/mol. The van der Waals surface area contributed by atoms with Gasteiger partial charge in [-0.05, 0) is 40.7 Å². The molecule has 0 spiro atoms. The zero-order chi connectivity index (χ0) is 15.0. The zero-order valence-electron chi connectivity index (χ0n) is 12.8. The lowest BCUT2D eigenvalue weighted by Crippen LogP contribution is -2.41. The molecule has 1 aromatic rings. The Bertz CT molecular complexity index is 384. The number of rotatable bonds is 7. The number of carbonyl (C=O) groups excluding carboxylic acids is 1. The number of alkyl carbamates (subject to hydrolysis) is 1. The van der Waals surface area contributed by atoms with Gasteiger partial charge in [0.15, 0.2) is 0 Å². The summed E-state index contributed by atoms with van der Waals surface area (Å²) in [6, 6.07) is 0.208. The number of hydrogen-bond acceptors (Lipinski definition) is 4. The van der Waals surface area contributed by atoms with Gasteiger partial charge in [-0.3, -0.25) is 0 Å². The van der Waals surface area contributed by atoms with Gasteiger partial charge in [-0.1, -0.05) is 0 Å². The van der Waals surface area contributed by atoms with E-state index < -0.39 is 5.60 Å². The lowest BCUT2D eigenvalue weighted by atomic mass is 10.2. The maximum Gasteiger partial charge on any atom is 0.407 e. The highest BCUT2D eigenvalue weighted by Gasteiger charge is 2.16. The Kier molecular flexibility index (Phi) is 6.51. The smallest absolute Gasteiger partial charge is 0.407 e. The molecule has 0 radical (unpaired) electrons. The third-order valence-electron chi connectivity index (χ3n) is 2.59. The highest BCUT2D eigenvalue weighted by molar-refractivity contribution is 5.67. The molecule has 0 aliphatic carbocycles. The van der Waals surface area contributed by atoms with E-state index in [0.717, 1.165) is 25.2 Å². The number of aromatic nitrogens is 2. The van der Waals surface area contributed by atoms with E-state index in [2.05, 4.69) is 20.6 Å². The molecular weight excluding hydrogens is 256 g/mol. The summed E-state index contributed by atoms with van der Waals surface area (Å²) in [5, 5.41) is 6.10. The first kappa shape index (κ1) is 16.5. The zero-order valence-corrected chi connectivity index (χ0v) is 12.8. The number of nitrogens with zero attached hydrogens (tertiary/aromatic N) is 1. The van der Waals surface area contributed by atoms with Crippen LogP contribution in [-0.2, 0) is 11.2 Å². The molecule has 20 heavy (non-hydrogen) atoms. The van der Waals surface area contributed by atoms with Crippen LogP contribution in [0.25, 0.3) is 0 Å². The molecule has 1 heterocycles. The fourth-order valence-electron chi connectivity index (χ4n) is 1.66. The molecular formula is C14H26N4O2. The molecule has 0 bridgehead atoms. The summed E-state index contributed by atoms with van der Waals surface area (Å²) in [6.45, 7) is 9.02. The minimum Gasteiger partial charge on any atom is -0.444 e. The van der Waals surface area contributed by atoms with Crippen molar-refractivity contribution in [1.29, 1.82) is 0 Å². The summed E-state index contributed by atoms with van der Waals surface area (Å²) < 4.78 is 5.17. The average Bonchev–Trinajstić information content (AvgIpc) is 2.83. The predicted octanol–water partition coefficient (Wildman–Crippen LogP) is 1.85. The van der Waals surface area contributed by atoms with Crippen molar-refractivity contribution in [2.24, 2.45) is 0 Å². The number of amides is 1. The molecule has 1 aromatic heterocycles. The van der Waals surface area contributed by atoms with Crippen LogP contribution in [0.4, 0.5) is 4.79 Å². The molecule has 1 amide bonds. The SMILES string of the molecule is CC(CNC(=O)OC(C)(C)C)NCCCc1ncc[nH]1. The third-order valence-corrected chi connectivity index (χ3v) is 2.59. The van der Waals surface area contributed by atoms with Crippen LogP contribution >= 0.6 is 0 Å². The summed E-state index contributed by atoms with van der Waals surface area (Å²) >= 11 is 0. The molecule has 1 rings (SSSR count). The van der Waals surface area contributed by atoms with E-state index in [1.807, 2.05) is 33.9 Å². The van der Waals surface area contributed by atoms with Crippen molar-refractivity contribution in [2.45, 2.75) is 52.2 Å². The van der Waals surface area contributed by atoms with Gasteiger partial charge >= 0.3 is 6.09 Å². The molecule has 1 atom stereocenters. The number of carbonyl (C=O) groups is 1. The van der Waals surface area contributed by atoms with Crippen LogP contribution in [0.2, 0.25) is 0 Å². The van der Waals surface area contributed by atoms with Gasteiger partial charge < -0.3 is 20.4 Å². The number of aryl methyl sites for hydroxylation is 1. The lowest BCUT2D eigenvalue weighted by molar-refractivity contribution is 0.0523. The number of hydrogen-bond donors (Lipinski definition) is 3. The normalized spacial score (nSPS) is 13.0. The summed E-state index contributed by atoms with van der Waals surface area (Å²) in [7, 11) is 0. The standard InChI is InChI=1S/C14H26N4O2/c1-11(10-18-13(19)20-14(2,3)4)15-7-5-6-12-16-8-9-17-12/h8-9,11,15H,5-7,10H2,1-4H3,(H,16,17)(H,18,19). The Hall–Kier alpha value is -1.56. The Morgan fingerprint density at radius 2 is 2.25 bits per heavy atom. The summed E-state index contributed by atoms with van der Waals surface area (Å²) in [5.74, 6) is 1.01. The number of imidazole rings is 1. The van der Waals surface area contributed by atoms with E-state index in [9.17, 15) is 4.79 Å². The van der Waals surface area contributed by atoms with Crippen molar-refractivity contribution in [1.82, 2.24) is 20.6 Å². The maximum absolute atomic E-state index is 11.5. The second-order valence-electron chi connectivity index (χ2n) is 5.88. The van der Waals surface area contributed by atoms with Gasteiger partial charge in [-0.25, -0.2) is 9.78 Å². The quantitative estimate of drug-likeness (QED) is 0.667. The highest BCUT2D eigenvalue weighted by atomic mass is 16.6. The Morgan fingerprint density at radius 1 is 1.50 bits per heavy atom. The summed E-state index contributed by atoms with van der Waals surface area (Å²) in [6.07, 6.45) is 5.14. The molecule has 0 aliphatic heterocycles. The van der Waals surface area contributed by atoms with Gasteiger partial charge in [-0.2, -0.15) is 0 Å². The molecule has 1 unspecified atom stereocenters. The second-order valence-corrected chi connectivity index (χ2v) is 5.88. The first-order valence-corrected chi connectivity index (χ1v) is 7.05. The number of nitrogens with one attached hydrogen (secondary N) is 3. The molecule has 6 heteroatoms. The lowest BCUT2D eigenvalue weighted by Gasteiger charge is -2.21. The van der Waals surface area contributed by atoms with Crippen LogP contribution in [0.15, 0.2) is 12.4 Å². The van der Waals surface area contributed by atoms with E-state index in [1.165, 1.54) is 0 Å². The van der Waals surface area contributed by atoms with Crippen molar-refractivity contribution >= 4 is 6.09 Å². The van der Waals surface area contributed by atoms with Crippen LogP contribution in [0, 0.1) is 0 Å². The number of ether oxygens (including phenoxy) is 1. The first-order valence-electron chi connectivity index (χ1n) is 7.05. The van der Waals surface area contributed by atoms with Crippen molar-refractivity contribution < 1.29 is 9.53 Å². The molecule has 0 aliphatic rings. The Balaban J connectivity index is 2.05.